The second-order valence-electron chi connectivity index (χ2n) is 5.26. The largest absolute Gasteiger partial charge is 0.741 e. The lowest BCUT2D eigenvalue weighted by Gasteiger charge is -2.08. The molecule has 0 aliphatic rings. The molecule has 0 aliphatic heterocycles. The summed E-state index contributed by atoms with van der Waals surface area (Å²) >= 11 is 0. The van der Waals surface area contributed by atoms with Crippen LogP contribution in [0.25, 0.3) is 0 Å². The van der Waals surface area contributed by atoms with Crippen LogP contribution in [0.1, 0.15) is 0 Å². The first-order chi connectivity index (χ1) is 13.1. The molecule has 3 rings (SSSR count). The molecule has 0 N–H and O–H groups in total. The minimum Gasteiger partial charge on any atom is -0.741 e. The molecule has 0 saturated heterocycles. The second-order valence-corrected chi connectivity index (χ2v) is 8.63. The summed E-state index contributed by atoms with van der Waals surface area (Å²) in [7, 11) is -6.49. The van der Waals surface area contributed by atoms with Crippen molar-refractivity contribution < 1.29 is 30.5 Å². The van der Waals surface area contributed by atoms with Crippen LogP contribution in [0.15, 0.2) is 99.6 Å². The smallest absolute Gasteiger partial charge is 0.485 e. The summed E-state index contributed by atoms with van der Waals surface area (Å²) in [6, 6.07) is 27.2. The van der Waals surface area contributed by atoms with Crippen LogP contribution in [-0.4, -0.2) is 18.5 Å². The van der Waals surface area contributed by atoms with Crippen molar-refractivity contribution >= 4 is 21.0 Å². The van der Waals surface area contributed by atoms with E-state index in [1.807, 2.05) is 48.5 Å². The fourth-order valence-electron chi connectivity index (χ4n) is 2.11. The Morgan fingerprint density at radius 2 is 1.07 bits per heavy atom. The fraction of sp³-hybridized carbons (Fsp3) is 0.0526. The van der Waals surface area contributed by atoms with Crippen molar-refractivity contribution in [2.45, 2.75) is 20.2 Å². The molecule has 0 amide bonds. The molecule has 0 saturated carbocycles. The Morgan fingerprint density at radius 1 is 0.714 bits per heavy atom. The van der Waals surface area contributed by atoms with E-state index in [1.165, 1.54) is 6.07 Å². The topological polar surface area (TPSA) is 57.2 Å². The lowest BCUT2D eigenvalue weighted by Crippen LogP contribution is -2.21. The molecular formula is C19H14F4O3S2. The third-order valence-electron chi connectivity index (χ3n) is 3.30. The maximum absolute atomic E-state index is 14.2. The molecular weight excluding hydrogens is 416 g/mol. The summed E-state index contributed by atoms with van der Waals surface area (Å²) in [5, 5.41) is 0. The second kappa shape index (κ2) is 9.22. The number of rotatable bonds is 3. The Hall–Kier alpha value is -2.36. The first-order valence-corrected chi connectivity index (χ1v) is 10.4. The maximum atomic E-state index is 14.2. The third-order valence-corrected chi connectivity index (χ3v) is 6.12. The number of hydrogen-bond acceptors (Lipinski definition) is 3. The van der Waals surface area contributed by atoms with Gasteiger partial charge in [-0.1, -0.05) is 48.5 Å². The van der Waals surface area contributed by atoms with Gasteiger partial charge in [0.15, 0.2) is 25.7 Å². The molecule has 3 aromatic carbocycles. The molecule has 0 spiro atoms. The molecule has 3 nitrogen and oxygen atoms in total. The molecule has 9 heteroatoms. The first-order valence-electron chi connectivity index (χ1n) is 7.72. The molecule has 0 bridgehead atoms. The van der Waals surface area contributed by atoms with E-state index >= 15 is 0 Å². The summed E-state index contributed by atoms with van der Waals surface area (Å²) in [4.78, 5) is 3.00. The zero-order valence-corrected chi connectivity index (χ0v) is 15.8. The Kier molecular flexibility index (Phi) is 7.22. The minimum atomic E-state index is -6.09. The zero-order valence-electron chi connectivity index (χ0n) is 14.1. The van der Waals surface area contributed by atoms with E-state index < -0.39 is 26.5 Å². The van der Waals surface area contributed by atoms with E-state index in [9.17, 15) is 17.6 Å². The Labute approximate surface area is 162 Å². The van der Waals surface area contributed by atoms with E-state index in [1.54, 1.807) is 6.07 Å². The quantitative estimate of drug-likeness (QED) is 0.255. The van der Waals surface area contributed by atoms with Gasteiger partial charge in [-0.15, -0.1) is 0 Å². The van der Waals surface area contributed by atoms with Gasteiger partial charge < -0.3 is 4.55 Å². The van der Waals surface area contributed by atoms with Gasteiger partial charge in [0.2, 0.25) is 4.90 Å². The van der Waals surface area contributed by atoms with Crippen molar-refractivity contribution in [3.05, 3.63) is 90.7 Å². The van der Waals surface area contributed by atoms with Gasteiger partial charge in [0.1, 0.15) is 10.9 Å². The van der Waals surface area contributed by atoms with E-state index in [2.05, 4.69) is 24.3 Å². The van der Waals surface area contributed by atoms with Crippen molar-refractivity contribution in [2.24, 2.45) is 0 Å². The molecule has 148 valence electrons. The highest BCUT2D eigenvalue weighted by molar-refractivity contribution is 7.97. The van der Waals surface area contributed by atoms with Gasteiger partial charge in [-0.05, 0) is 36.4 Å². The lowest BCUT2D eigenvalue weighted by atomic mass is 10.3. The van der Waals surface area contributed by atoms with Crippen LogP contribution < -0.4 is 0 Å². The van der Waals surface area contributed by atoms with Crippen LogP contribution in [0.4, 0.5) is 17.6 Å². The normalized spacial score (nSPS) is 11.6. The molecule has 0 heterocycles. The van der Waals surface area contributed by atoms with Crippen LogP contribution in [0.2, 0.25) is 0 Å². The Morgan fingerprint density at radius 3 is 1.43 bits per heavy atom. The monoisotopic (exact) mass is 430 g/mol. The Bertz CT molecular complexity index is 953. The first kappa shape index (κ1) is 21.9. The van der Waals surface area contributed by atoms with Crippen molar-refractivity contribution in [2.75, 3.05) is 0 Å². The van der Waals surface area contributed by atoms with Gasteiger partial charge in [-0.3, -0.25) is 0 Å². The van der Waals surface area contributed by atoms with E-state index in [4.69, 9.17) is 13.0 Å². The van der Waals surface area contributed by atoms with Gasteiger partial charge in [0.05, 0.1) is 0 Å². The predicted octanol–water partition coefficient (Wildman–Crippen LogP) is 4.97. The molecule has 0 atom stereocenters. The van der Waals surface area contributed by atoms with Gasteiger partial charge in [-0.2, -0.15) is 13.2 Å². The van der Waals surface area contributed by atoms with Crippen LogP contribution in [0.5, 0.6) is 0 Å². The highest BCUT2D eigenvalue weighted by atomic mass is 32.2. The van der Waals surface area contributed by atoms with E-state index in [0.29, 0.717) is 0 Å². The summed E-state index contributed by atoms with van der Waals surface area (Å²) in [5.74, 6) is -0.150. The zero-order chi connectivity index (χ0) is 20.8. The summed E-state index contributed by atoms with van der Waals surface area (Å²) in [6.45, 7) is 0. The molecule has 28 heavy (non-hydrogen) atoms. The molecule has 3 aromatic rings. The van der Waals surface area contributed by atoms with Crippen LogP contribution in [-0.2, 0) is 21.0 Å². The third kappa shape index (κ3) is 5.82. The van der Waals surface area contributed by atoms with Crippen molar-refractivity contribution in [1.29, 1.82) is 0 Å². The SMILES string of the molecule is Fc1ccccc1[S+](c1ccccc1)c1ccccc1.O=S(=O)([O-])C(F)(F)F. The maximum Gasteiger partial charge on any atom is 0.485 e. The lowest BCUT2D eigenvalue weighted by molar-refractivity contribution is -0.0517. The summed E-state index contributed by atoms with van der Waals surface area (Å²) in [6.07, 6.45) is 0. The van der Waals surface area contributed by atoms with Crippen LogP contribution in [0, 0.1) is 5.82 Å². The van der Waals surface area contributed by atoms with Crippen molar-refractivity contribution in [3.63, 3.8) is 0 Å². The van der Waals surface area contributed by atoms with Crippen LogP contribution in [0.3, 0.4) is 0 Å². The Balaban J connectivity index is 0.000000300. The van der Waals surface area contributed by atoms with E-state index in [0.717, 1.165) is 14.7 Å². The fourth-order valence-corrected chi connectivity index (χ4v) is 4.23. The van der Waals surface area contributed by atoms with Crippen LogP contribution >= 0.6 is 0 Å². The van der Waals surface area contributed by atoms with Gasteiger partial charge in [0, 0.05) is 0 Å². The number of alkyl halides is 3. The van der Waals surface area contributed by atoms with Crippen molar-refractivity contribution in [3.8, 4) is 0 Å². The van der Waals surface area contributed by atoms with Gasteiger partial charge >= 0.3 is 5.51 Å². The molecule has 0 fully saturated rings. The number of halogens is 4. The molecule has 0 unspecified atom stereocenters. The van der Waals surface area contributed by atoms with Gasteiger partial charge in [-0.25, -0.2) is 12.8 Å². The molecule has 0 radical (unpaired) electrons. The van der Waals surface area contributed by atoms with E-state index in [-0.39, 0.29) is 5.82 Å². The highest BCUT2D eigenvalue weighted by Gasteiger charge is 2.37. The minimum absolute atomic E-state index is 0.150. The standard InChI is InChI=1S/C18H14FS.CHF3O3S/c19-17-13-7-8-14-18(17)20(15-9-3-1-4-10-15)16-11-5-2-6-12-16;2-1(3,4)8(5,6)7/h1-14H;(H,5,6,7)/q+1;/p-1. The highest BCUT2D eigenvalue weighted by Crippen LogP contribution is 2.32. The van der Waals surface area contributed by atoms with Crippen molar-refractivity contribution in [1.82, 2.24) is 0 Å². The summed E-state index contributed by atoms with van der Waals surface area (Å²) in [5.41, 5.74) is -5.65. The average molecular weight is 430 g/mol. The summed E-state index contributed by atoms with van der Waals surface area (Å²) < 4.78 is 73.1. The number of hydrogen-bond donors (Lipinski definition) is 0. The van der Waals surface area contributed by atoms with Gasteiger partial charge in [0.25, 0.3) is 0 Å². The molecule has 0 aliphatic carbocycles. The average Bonchev–Trinajstić information content (AvgIpc) is 2.64. The number of benzene rings is 3. The predicted molar refractivity (Wildman–Crippen MR) is 97.2 cm³/mol. The molecule has 0 aromatic heterocycles.